The number of carbonyl (C=O) groups is 1. The minimum absolute atomic E-state index is 0.253. The summed E-state index contributed by atoms with van der Waals surface area (Å²) in [6.07, 6.45) is 1.60. The SMILES string of the molecule is O=C(Nc1cccc(-c2nc(-c3ccccc3)co2)c1)c1cccc(F)c1. The molecule has 0 aliphatic heterocycles. The highest BCUT2D eigenvalue weighted by Crippen LogP contribution is 2.26. The van der Waals surface area contributed by atoms with Gasteiger partial charge in [-0.1, -0.05) is 42.5 Å². The lowest BCUT2D eigenvalue weighted by Gasteiger charge is -2.06. The number of nitrogens with one attached hydrogen (secondary N) is 1. The summed E-state index contributed by atoms with van der Waals surface area (Å²) in [7, 11) is 0. The molecule has 0 aliphatic carbocycles. The smallest absolute Gasteiger partial charge is 0.255 e. The van der Waals surface area contributed by atoms with Crippen molar-refractivity contribution in [3.8, 4) is 22.7 Å². The number of carbonyl (C=O) groups excluding carboxylic acids is 1. The van der Waals surface area contributed by atoms with E-state index in [0.717, 1.165) is 16.8 Å². The number of benzene rings is 3. The van der Waals surface area contributed by atoms with Gasteiger partial charge in [0.05, 0.1) is 0 Å². The van der Waals surface area contributed by atoms with E-state index in [1.165, 1.54) is 18.2 Å². The molecule has 4 rings (SSSR count). The zero-order valence-corrected chi connectivity index (χ0v) is 14.2. The van der Waals surface area contributed by atoms with Crippen molar-refractivity contribution in [2.45, 2.75) is 0 Å². The number of halogens is 1. The van der Waals surface area contributed by atoms with Crippen LogP contribution in [0.15, 0.2) is 89.5 Å². The molecule has 4 aromatic rings. The lowest BCUT2D eigenvalue weighted by molar-refractivity contribution is 0.102. The van der Waals surface area contributed by atoms with E-state index in [2.05, 4.69) is 10.3 Å². The maximum absolute atomic E-state index is 13.3. The van der Waals surface area contributed by atoms with Crippen molar-refractivity contribution in [1.82, 2.24) is 4.98 Å². The van der Waals surface area contributed by atoms with Gasteiger partial charge in [-0.05, 0) is 36.4 Å². The van der Waals surface area contributed by atoms with Crippen LogP contribution in [-0.2, 0) is 0 Å². The fourth-order valence-electron chi connectivity index (χ4n) is 2.71. The average Bonchev–Trinajstić information content (AvgIpc) is 3.19. The Morgan fingerprint density at radius 2 is 1.67 bits per heavy atom. The first kappa shape index (κ1) is 16.7. The Labute approximate surface area is 155 Å². The molecule has 1 heterocycles. The van der Waals surface area contributed by atoms with Gasteiger partial charge in [0.25, 0.3) is 5.91 Å². The number of amides is 1. The van der Waals surface area contributed by atoms with Gasteiger partial charge in [0.2, 0.25) is 5.89 Å². The van der Waals surface area contributed by atoms with E-state index in [-0.39, 0.29) is 11.5 Å². The van der Waals surface area contributed by atoms with Gasteiger partial charge in [-0.2, -0.15) is 0 Å². The Morgan fingerprint density at radius 3 is 2.48 bits per heavy atom. The number of hydrogen-bond acceptors (Lipinski definition) is 3. The van der Waals surface area contributed by atoms with Crippen molar-refractivity contribution in [2.24, 2.45) is 0 Å². The van der Waals surface area contributed by atoms with Crippen LogP contribution < -0.4 is 5.32 Å². The summed E-state index contributed by atoms with van der Waals surface area (Å²) in [5.41, 5.74) is 3.25. The highest BCUT2D eigenvalue weighted by atomic mass is 19.1. The average molecular weight is 358 g/mol. The van der Waals surface area contributed by atoms with Crippen LogP contribution in [-0.4, -0.2) is 10.9 Å². The van der Waals surface area contributed by atoms with Gasteiger partial charge in [0.15, 0.2) is 0 Å². The Bertz CT molecular complexity index is 1090. The number of nitrogens with zero attached hydrogens (tertiary/aromatic N) is 1. The standard InChI is InChI=1S/C22H15FN2O2/c23-18-10-4-8-16(12-18)21(26)24-19-11-5-9-17(13-19)22-25-20(14-27-22)15-6-2-1-3-7-15/h1-14H,(H,24,26). The molecule has 0 unspecified atom stereocenters. The van der Waals surface area contributed by atoms with Crippen molar-refractivity contribution >= 4 is 11.6 Å². The molecule has 0 spiro atoms. The summed E-state index contributed by atoms with van der Waals surface area (Å²) in [6, 6.07) is 22.4. The molecular weight excluding hydrogens is 343 g/mol. The Kier molecular flexibility index (Phi) is 4.49. The summed E-state index contributed by atoms with van der Waals surface area (Å²) < 4.78 is 18.9. The normalized spacial score (nSPS) is 10.6. The number of hydrogen-bond donors (Lipinski definition) is 1. The van der Waals surface area contributed by atoms with E-state index < -0.39 is 5.82 Å². The zero-order chi connectivity index (χ0) is 18.6. The molecule has 0 radical (unpaired) electrons. The summed E-state index contributed by atoms with van der Waals surface area (Å²) in [5, 5.41) is 2.76. The van der Waals surface area contributed by atoms with E-state index in [1.807, 2.05) is 36.4 Å². The largest absolute Gasteiger partial charge is 0.444 e. The molecule has 27 heavy (non-hydrogen) atoms. The highest BCUT2D eigenvalue weighted by Gasteiger charge is 2.11. The number of aromatic nitrogens is 1. The van der Waals surface area contributed by atoms with Crippen molar-refractivity contribution in [2.75, 3.05) is 5.32 Å². The molecule has 3 aromatic carbocycles. The fourth-order valence-corrected chi connectivity index (χ4v) is 2.71. The molecule has 0 atom stereocenters. The van der Waals surface area contributed by atoms with Gasteiger partial charge in [-0.3, -0.25) is 4.79 Å². The van der Waals surface area contributed by atoms with Crippen LogP contribution >= 0.6 is 0 Å². The summed E-state index contributed by atoms with van der Waals surface area (Å²) in [5.74, 6) is -0.385. The van der Waals surface area contributed by atoms with Crippen molar-refractivity contribution < 1.29 is 13.6 Å². The first-order chi connectivity index (χ1) is 13.2. The number of oxazole rings is 1. The Morgan fingerprint density at radius 1 is 0.889 bits per heavy atom. The van der Waals surface area contributed by atoms with Gasteiger partial charge in [0, 0.05) is 22.4 Å². The van der Waals surface area contributed by atoms with Gasteiger partial charge in [-0.15, -0.1) is 0 Å². The molecular formula is C22H15FN2O2. The minimum atomic E-state index is -0.454. The van der Waals surface area contributed by atoms with Crippen molar-refractivity contribution in [1.29, 1.82) is 0 Å². The van der Waals surface area contributed by atoms with Gasteiger partial charge >= 0.3 is 0 Å². The Hall–Kier alpha value is -3.73. The number of anilines is 1. The third kappa shape index (κ3) is 3.77. The molecule has 0 saturated heterocycles. The van der Waals surface area contributed by atoms with Crippen LogP contribution in [0.3, 0.4) is 0 Å². The van der Waals surface area contributed by atoms with Crippen LogP contribution in [0.2, 0.25) is 0 Å². The molecule has 4 nitrogen and oxygen atoms in total. The fraction of sp³-hybridized carbons (Fsp3) is 0. The maximum atomic E-state index is 13.3. The van der Waals surface area contributed by atoms with E-state index in [9.17, 15) is 9.18 Å². The molecule has 1 amide bonds. The first-order valence-electron chi connectivity index (χ1n) is 8.37. The lowest BCUT2D eigenvalue weighted by atomic mass is 10.1. The lowest BCUT2D eigenvalue weighted by Crippen LogP contribution is -2.12. The summed E-state index contributed by atoms with van der Waals surface area (Å²) in [4.78, 5) is 16.8. The predicted octanol–water partition coefficient (Wildman–Crippen LogP) is 5.40. The van der Waals surface area contributed by atoms with E-state index >= 15 is 0 Å². The van der Waals surface area contributed by atoms with Gasteiger partial charge in [-0.25, -0.2) is 9.37 Å². The van der Waals surface area contributed by atoms with E-state index in [4.69, 9.17) is 4.42 Å². The quantitative estimate of drug-likeness (QED) is 0.531. The molecule has 0 bridgehead atoms. The second kappa shape index (κ2) is 7.25. The van der Waals surface area contributed by atoms with Crippen LogP contribution in [0.5, 0.6) is 0 Å². The monoisotopic (exact) mass is 358 g/mol. The van der Waals surface area contributed by atoms with Crippen LogP contribution in [0.4, 0.5) is 10.1 Å². The van der Waals surface area contributed by atoms with Crippen LogP contribution in [0.25, 0.3) is 22.7 Å². The van der Waals surface area contributed by atoms with E-state index in [0.29, 0.717) is 11.6 Å². The minimum Gasteiger partial charge on any atom is -0.444 e. The second-order valence-corrected chi connectivity index (χ2v) is 5.95. The maximum Gasteiger partial charge on any atom is 0.255 e. The third-order valence-electron chi connectivity index (χ3n) is 4.03. The van der Waals surface area contributed by atoms with E-state index in [1.54, 1.807) is 30.5 Å². The Balaban J connectivity index is 1.56. The number of rotatable bonds is 4. The molecule has 0 saturated carbocycles. The molecule has 0 fully saturated rings. The first-order valence-corrected chi connectivity index (χ1v) is 8.37. The topological polar surface area (TPSA) is 55.1 Å². The molecule has 5 heteroatoms. The van der Waals surface area contributed by atoms with Crippen LogP contribution in [0.1, 0.15) is 10.4 Å². The molecule has 0 aliphatic rings. The molecule has 1 N–H and O–H groups in total. The molecule has 1 aromatic heterocycles. The molecule has 132 valence electrons. The highest BCUT2D eigenvalue weighted by molar-refractivity contribution is 6.04. The van der Waals surface area contributed by atoms with Crippen molar-refractivity contribution in [3.05, 3.63) is 96.5 Å². The van der Waals surface area contributed by atoms with Crippen LogP contribution in [0, 0.1) is 5.82 Å². The van der Waals surface area contributed by atoms with Gasteiger partial charge in [0.1, 0.15) is 17.8 Å². The summed E-state index contributed by atoms with van der Waals surface area (Å²) >= 11 is 0. The summed E-state index contributed by atoms with van der Waals surface area (Å²) in [6.45, 7) is 0. The predicted molar refractivity (Wildman–Crippen MR) is 102 cm³/mol. The van der Waals surface area contributed by atoms with Gasteiger partial charge < -0.3 is 9.73 Å². The third-order valence-corrected chi connectivity index (χ3v) is 4.03. The second-order valence-electron chi connectivity index (χ2n) is 5.95. The van der Waals surface area contributed by atoms with Crippen molar-refractivity contribution in [3.63, 3.8) is 0 Å². The zero-order valence-electron chi connectivity index (χ0n) is 14.2.